The maximum atomic E-state index is 6.14. The highest BCUT2D eigenvalue weighted by molar-refractivity contribution is 14.0. The van der Waals surface area contributed by atoms with E-state index in [0.29, 0.717) is 6.04 Å². The molecule has 1 aliphatic heterocycles. The molecule has 0 amide bonds. The Labute approximate surface area is 198 Å². The first-order valence-corrected chi connectivity index (χ1v) is 11.0. The molecule has 2 aromatic heterocycles. The molecule has 3 N–H and O–H groups in total. The first-order chi connectivity index (χ1) is 13.7. The highest BCUT2D eigenvalue weighted by Crippen LogP contribution is 2.25. The second-order valence-corrected chi connectivity index (χ2v) is 8.47. The van der Waals surface area contributed by atoms with Crippen molar-refractivity contribution in [3.8, 4) is 0 Å². The molecule has 0 radical (unpaired) electrons. The molecule has 0 spiro atoms. The molecule has 29 heavy (non-hydrogen) atoms. The number of aromatic amines is 1. The lowest BCUT2D eigenvalue weighted by Gasteiger charge is -2.33. The molecular formula is C21H27ClIN5S. The standard InChI is InChI=1S/C21H26ClN5S.HI/c1-23-21(26-17-7-10-27(11-8-17)20-3-2-12-28-20)24-9-6-15-14-25-19-5-4-16(22)13-18(15)19;/h2-5,12-14,17,25H,6-11H2,1H3,(H2,23,24,26);1H. The van der Waals surface area contributed by atoms with Crippen molar-refractivity contribution in [1.29, 1.82) is 0 Å². The maximum Gasteiger partial charge on any atom is 0.191 e. The van der Waals surface area contributed by atoms with E-state index in [1.54, 1.807) is 0 Å². The van der Waals surface area contributed by atoms with E-state index >= 15 is 0 Å². The summed E-state index contributed by atoms with van der Waals surface area (Å²) >= 11 is 7.96. The van der Waals surface area contributed by atoms with Gasteiger partial charge in [-0.2, -0.15) is 0 Å². The Morgan fingerprint density at radius 1 is 1.31 bits per heavy atom. The third kappa shape index (κ3) is 5.58. The van der Waals surface area contributed by atoms with Crippen LogP contribution in [0.15, 0.2) is 46.9 Å². The fourth-order valence-electron chi connectivity index (χ4n) is 3.76. The van der Waals surface area contributed by atoms with Crippen LogP contribution in [0, 0.1) is 0 Å². The molecule has 1 aromatic carbocycles. The number of fused-ring (bicyclic) bond motifs is 1. The summed E-state index contributed by atoms with van der Waals surface area (Å²) in [6, 6.07) is 10.8. The number of anilines is 1. The molecule has 5 nitrogen and oxygen atoms in total. The SMILES string of the molecule is CN=C(NCCc1c[nH]c2ccc(Cl)cc12)NC1CCN(c2cccs2)CC1.I. The zero-order chi connectivity index (χ0) is 19.3. The molecule has 156 valence electrons. The molecule has 0 atom stereocenters. The quantitative estimate of drug-likeness (QED) is 0.244. The van der Waals surface area contributed by atoms with Crippen molar-refractivity contribution in [2.75, 3.05) is 31.6 Å². The van der Waals surface area contributed by atoms with Crippen LogP contribution < -0.4 is 15.5 Å². The largest absolute Gasteiger partial charge is 0.363 e. The van der Waals surface area contributed by atoms with Crippen LogP contribution in [0.3, 0.4) is 0 Å². The van der Waals surface area contributed by atoms with Crippen molar-refractivity contribution >= 4 is 68.8 Å². The Morgan fingerprint density at radius 2 is 2.14 bits per heavy atom. The minimum absolute atomic E-state index is 0. The van der Waals surface area contributed by atoms with Gasteiger partial charge >= 0.3 is 0 Å². The number of benzene rings is 1. The fourth-order valence-corrected chi connectivity index (χ4v) is 4.71. The second-order valence-electron chi connectivity index (χ2n) is 7.11. The predicted octanol–water partition coefficient (Wildman–Crippen LogP) is 4.88. The first kappa shape index (κ1) is 22.2. The van der Waals surface area contributed by atoms with Crippen LogP contribution in [0.25, 0.3) is 10.9 Å². The number of halogens is 2. The molecule has 0 aliphatic carbocycles. The molecule has 4 rings (SSSR count). The number of aromatic nitrogens is 1. The van der Waals surface area contributed by atoms with Crippen LogP contribution in [-0.4, -0.2) is 43.7 Å². The van der Waals surface area contributed by atoms with E-state index in [2.05, 4.69) is 49.2 Å². The van der Waals surface area contributed by atoms with Gasteiger partial charge in [-0.1, -0.05) is 11.6 Å². The number of rotatable bonds is 5. The predicted molar refractivity (Wildman–Crippen MR) is 136 cm³/mol. The Kier molecular flexibility index (Phi) is 8.08. The van der Waals surface area contributed by atoms with E-state index in [-0.39, 0.29) is 24.0 Å². The van der Waals surface area contributed by atoms with Gasteiger partial charge in [0.2, 0.25) is 0 Å². The monoisotopic (exact) mass is 543 g/mol. The van der Waals surface area contributed by atoms with Gasteiger partial charge in [-0.05, 0) is 60.5 Å². The number of H-pyrrole nitrogens is 1. The summed E-state index contributed by atoms with van der Waals surface area (Å²) in [5.41, 5.74) is 2.39. The molecule has 1 fully saturated rings. The van der Waals surface area contributed by atoms with E-state index in [1.165, 1.54) is 16.0 Å². The number of piperidine rings is 1. The van der Waals surface area contributed by atoms with Crippen molar-refractivity contribution in [3.05, 3.63) is 52.5 Å². The molecule has 0 saturated carbocycles. The average molecular weight is 544 g/mol. The molecule has 1 saturated heterocycles. The van der Waals surface area contributed by atoms with E-state index in [1.807, 2.05) is 36.6 Å². The molecule has 0 unspecified atom stereocenters. The molecule has 8 heteroatoms. The van der Waals surface area contributed by atoms with Gasteiger partial charge in [0.1, 0.15) is 0 Å². The third-order valence-corrected chi connectivity index (χ3v) is 6.46. The van der Waals surface area contributed by atoms with Gasteiger partial charge in [0.25, 0.3) is 0 Å². The number of nitrogens with one attached hydrogen (secondary N) is 3. The van der Waals surface area contributed by atoms with Gasteiger partial charge in [0, 0.05) is 54.8 Å². The molecular weight excluding hydrogens is 517 g/mol. The summed E-state index contributed by atoms with van der Waals surface area (Å²) in [4.78, 5) is 10.2. The van der Waals surface area contributed by atoms with Crippen LogP contribution >= 0.6 is 46.9 Å². The van der Waals surface area contributed by atoms with Crippen molar-refractivity contribution in [1.82, 2.24) is 15.6 Å². The van der Waals surface area contributed by atoms with Crippen molar-refractivity contribution in [2.24, 2.45) is 4.99 Å². The maximum absolute atomic E-state index is 6.14. The number of aliphatic imine (C=N–C) groups is 1. The first-order valence-electron chi connectivity index (χ1n) is 9.74. The molecule has 3 aromatic rings. The van der Waals surface area contributed by atoms with Crippen LogP contribution in [0.4, 0.5) is 5.00 Å². The highest BCUT2D eigenvalue weighted by atomic mass is 127. The third-order valence-electron chi connectivity index (χ3n) is 5.29. The van der Waals surface area contributed by atoms with Gasteiger partial charge in [0.05, 0.1) is 5.00 Å². The normalized spacial score (nSPS) is 15.4. The van der Waals surface area contributed by atoms with Crippen LogP contribution in [-0.2, 0) is 6.42 Å². The number of guanidine groups is 1. The summed E-state index contributed by atoms with van der Waals surface area (Å²) in [6.45, 7) is 3.00. The number of hydrogen-bond donors (Lipinski definition) is 3. The minimum Gasteiger partial charge on any atom is -0.363 e. The Balaban J connectivity index is 0.00000240. The van der Waals surface area contributed by atoms with Gasteiger partial charge in [-0.3, -0.25) is 4.99 Å². The van der Waals surface area contributed by atoms with Gasteiger partial charge in [-0.15, -0.1) is 35.3 Å². The van der Waals surface area contributed by atoms with Crippen molar-refractivity contribution in [3.63, 3.8) is 0 Å². The summed E-state index contributed by atoms with van der Waals surface area (Å²) in [7, 11) is 1.83. The van der Waals surface area contributed by atoms with Crippen molar-refractivity contribution < 1.29 is 0 Å². The van der Waals surface area contributed by atoms with Crippen LogP contribution in [0.2, 0.25) is 5.02 Å². The molecule has 1 aliphatic rings. The van der Waals surface area contributed by atoms with Crippen LogP contribution in [0.1, 0.15) is 18.4 Å². The Bertz CT molecular complexity index is 932. The zero-order valence-corrected chi connectivity index (χ0v) is 20.4. The van der Waals surface area contributed by atoms with Crippen LogP contribution in [0.5, 0.6) is 0 Å². The number of hydrogen-bond acceptors (Lipinski definition) is 3. The number of nitrogens with zero attached hydrogens (tertiary/aromatic N) is 2. The van der Waals surface area contributed by atoms with E-state index in [0.717, 1.165) is 55.4 Å². The Hall–Kier alpha value is -1.45. The highest BCUT2D eigenvalue weighted by Gasteiger charge is 2.20. The fraction of sp³-hybridized carbons (Fsp3) is 0.381. The van der Waals surface area contributed by atoms with Crippen molar-refractivity contribution in [2.45, 2.75) is 25.3 Å². The summed E-state index contributed by atoms with van der Waals surface area (Å²) < 4.78 is 0. The second kappa shape index (κ2) is 10.5. The molecule has 0 bridgehead atoms. The smallest absolute Gasteiger partial charge is 0.191 e. The lowest BCUT2D eigenvalue weighted by Crippen LogP contribution is -2.49. The average Bonchev–Trinajstić information content (AvgIpc) is 3.38. The summed E-state index contributed by atoms with van der Waals surface area (Å²) in [5.74, 6) is 0.882. The minimum atomic E-state index is 0. The lowest BCUT2D eigenvalue weighted by atomic mass is 10.1. The zero-order valence-electron chi connectivity index (χ0n) is 16.5. The van der Waals surface area contributed by atoms with E-state index in [4.69, 9.17) is 11.6 Å². The lowest BCUT2D eigenvalue weighted by molar-refractivity contribution is 0.463. The van der Waals surface area contributed by atoms with Gasteiger partial charge < -0.3 is 20.5 Å². The Morgan fingerprint density at radius 3 is 2.86 bits per heavy atom. The van der Waals surface area contributed by atoms with E-state index in [9.17, 15) is 0 Å². The summed E-state index contributed by atoms with van der Waals surface area (Å²) in [5, 5.41) is 12.5. The molecule has 3 heterocycles. The van der Waals surface area contributed by atoms with E-state index < -0.39 is 0 Å². The van der Waals surface area contributed by atoms with Gasteiger partial charge in [-0.25, -0.2) is 0 Å². The topological polar surface area (TPSA) is 55.5 Å². The summed E-state index contributed by atoms with van der Waals surface area (Å²) in [6.07, 6.45) is 5.23. The number of thiophene rings is 1. The van der Waals surface area contributed by atoms with Gasteiger partial charge in [0.15, 0.2) is 5.96 Å².